The van der Waals surface area contributed by atoms with E-state index in [0.717, 1.165) is 13.0 Å². The Hall–Kier alpha value is -0.460. The van der Waals surface area contributed by atoms with Crippen molar-refractivity contribution in [3.8, 4) is 0 Å². The van der Waals surface area contributed by atoms with E-state index >= 15 is 0 Å². The zero-order chi connectivity index (χ0) is 6.41. The van der Waals surface area contributed by atoms with Crippen LogP contribution >= 0.6 is 0 Å². The van der Waals surface area contributed by atoms with Gasteiger partial charge in [-0.3, -0.25) is 0 Å². The van der Waals surface area contributed by atoms with Crippen molar-refractivity contribution in [1.82, 2.24) is 5.32 Å². The van der Waals surface area contributed by atoms with E-state index in [-0.39, 0.29) is 0 Å². The van der Waals surface area contributed by atoms with Crippen LogP contribution in [0, 0.1) is 0 Å². The molecule has 0 rings (SSSR count). The third kappa shape index (κ3) is 3.72. The van der Waals surface area contributed by atoms with Crippen molar-refractivity contribution in [2.24, 2.45) is 0 Å². The molecule has 0 heterocycles. The summed E-state index contributed by atoms with van der Waals surface area (Å²) in [6.07, 6.45) is 3.31. The molecule has 0 aromatic carbocycles. The van der Waals surface area contributed by atoms with Gasteiger partial charge in [0, 0.05) is 12.2 Å². The van der Waals surface area contributed by atoms with Crippen LogP contribution in [0.15, 0.2) is 11.8 Å². The third-order valence-electron chi connectivity index (χ3n) is 0.966. The quantitative estimate of drug-likeness (QED) is 0.589. The van der Waals surface area contributed by atoms with Crippen LogP contribution in [0.4, 0.5) is 0 Å². The van der Waals surface area contributed by atoms with Crippen molar-refractivity contribution < 1.29 is 0 Å². The smallest absolute Gasteiger partial charge is 0.0115 e. The number of rotatable bonds is 3. The first kappa shape index (κ1) is 7.54. The summed E-state index contributed by atoms with van der Waals surface area (Å²) in [5.74, 6) is 0. The molecule has 0 saturated heterocycles. The van der Waals surface area contributed by atoms with E-state index in [0.29, 0.717) is 0 Å². The van der Waals surface area contributed by atoms with Crippen LogP contribution in [0.2, 0.25) is 0 Å². The predicted octanol–water partition coefficient (Wildman–Crippen LogP) is 1.91. The van der Waals surface area contributed by atoms with Crippen molar-refractivity contribution in [3.63, 3.8) is 0 Å². The second-order valence-electron chi connectivity index (χ2n) is 1.83. The van der Waals surface area contributed by atoms with Gasteiger partial charge in [-0.15, -0.1) is 0 Å². The fourth-order valence-corrected chi connectivity index (χ4v) is 0.657. The van der Waals surface area contributed by atoms with Gasteiger partial charge in [-0.1, -0.05) is 13.0 Å². The second-order valence-corrected chi connectivity index (χ2v) is 1.83. The molecule has 0 aliphatic rings. The standard InChI is InChI=1S/C7H15N/c1-4-6-7(3)8-5-2/h6,8H,4-5H2,1-3H3/b7-6+. The molecule has 0 aromatic heterocycles. The molecule has 0 unspecified atom stereocenters. The van der Waals surface area contributed by atoms with Gasteiger partial charge in [0.25, 0.3) is 0 Å². The first-order valence-electron chi connectivity index (χ1n) is 3.21. The molecular formula is C7H15N. The van der Waals surface area contributed by atoms with Gasteiger partial charge in [0.2, 0.25) is 0 Å². The van der Waals surface area contributed by atoms with Gasteiger partial charge in [0.15, 0.2) is 0 Å². The number of hydrogen-bond acceptors (Lipinski definition) is 1. The summed E-state index contributed by atoms with van der Waals surface area (Å²) in [7, 11) is 0. The number of hydrogen-bond donors (Lipinski definition) is 1. The SMILES string of the molecule is CC/C=C(\C)NCC. The van der Waals surface area contributed by atoms with Crippen molar-refractivity contribution in [2.75, 3.05) is 6.54 Å². The lowest BCUT2D eigenvalue weighted by Crippen LogP contribution is -2.08. The Kier molecular flexibility index (Phi) is 4.42. The lowest BCUT2D eigenvalue weighted by Gasteiger charge is -1.99. The molecule has 0 aromatic rings. The van der Waals surface area contributed by atoms with Gasteiger partial charge in [-0.2, -0.15) is 0 Å². The topological polar surface area (TPSA) is 12.0 Å². The minimum absolute atomic E-state index is 1.03. The van der Waals surface area contributed by atoms with Crippen LogP contribution in [0.5, 0.6) is 0 Å². The molecule has 0 spiro atoms. The molecule has 0 aliphatic carbocycles. The Morgan fingerprint density at radius 3 is 2.50 bits per heavy atom. The Morgan fingerprint density at radius 1 is 1.50 bits per heavy atom. The van der Waals surface area contributed by atoms with E-state index in [9.17, 15) is 0 Å². The lowest BCUT2D eigenvalue weighted by molar-refractivity contribution is 0.845. The van der Waals surface area contributed by atoms with Crippen LogP contribution < -0.4 is 5.32 Å². The van der Waals surface area contributed by atoms with E-state index in [1.54, 1.807) is 0 Å². The average Bonchev–Trinajstić information content (AvgIpc) is 1.68. The molecule has 0 fully saturated rings. The van der Waals surface area contributed by atoms with E-state index in [4.69, 9.17) is 0 Å². The van der Waals surface area contributed by atoms with Gasteiger partial charge in [0.1, 0.15) is 0 Å². The molecule has 1 heteroatoms. The van der Waals surface area contributed by atoms with Crippen LogP contribution in [-0.4, -0.2) is 6.54 Å². The summed E-state index contributed by atoms with van der Waals surface area (Å²) in [5.41, 5.74) is 1.29. The summed E-state index contributed by atoms with van der Waals surface area (Å²) in [6, 6.07) is 0. The average molecular weight is 113 g/mol. The summed E-state index contributed by atoms with van der Waals surface area (Å²) in [5, 5.41) is 3.21. The Morgan fingerprint density at radius 2 is 2.12 bits per heavy atom. The zero-order valence-corrected chi connectivity index (χ0v) is 5.99. The minimum atomic E-state index is 1.03. The Bertz CT molecular complexity index is 74.5. The summed E-state index contributed by atoms with van der Waals surface area (Å²) >= 11 is 0. The van der Waals surface area contributed by atoms with Gasteiger partial charge < -0.3 is 5.32 Å². The Balaban J connectivity index is 3.29. The Labute approximate surface area is 51.8 Å². The fourth-order valence-electron chi connectivity index (χ4n) is 0.657. The van der Waals surface area contributed by atoms with Crippen LogP contribution in [-0.2, 0) is 0 Å². The van der Waals surface area contributed by atoms with Crippen molar-refractivity contribution in [2.45, 2.75) is 27.2 Å². The molecule has 0 radical (unpaired) electrons. The van der Waals surface area contributed by atoms with Gasteiger partial charge in [-0.25, -0.2) is 0 Å². The molecule has 0 bridgehead atoms. The molecule has 0 atom stereocenters. The number of nitrogens with one attached hydrogen (secondary N) is 1. The molecule has 1 nitrogen and oxygen atoms in total. The maximum atomic E-state index is 3.21. The summed E-state index contributed by atoms with van der Waals surface area (Å²) in [4.78, 5) is 0. The highest BCUT2D eigenvalue weighted by Crippen LogP contribution is 1.87. The van der Waals surface area contributed by atoms with Crippen molar-refractivity contribution in [1.29, 1.82) is 0 Å². The largest absolute Gasteiger partial charge is 0.389 e. The van der Waals surface area contributed by atoms with Crippen molar-refractivity contribution in [3.05, 3.63) is 11.8 Å². The van der Waals surface area contributed by atoms with E-state index in [1.807, 2.05) is 0 Å². The first-order valence-corrected chi connectivity index (χ1v) is 3.21. The van der Waals surface area contributed by atoms with E-state index in [1.165, 1.54) is 5.70 Å². The fraction of sp³-hybridized carbons (Fsp3) is 0.714. The molecule has 1 N–H and O–H groups in total. The van der Waals surface area contributed by atoms with Gasteiger partial charge in [-0.05, 0) is 20.3 Å². The summed E-state index contributed by atoms with van der Waals surface area (Å²) in [6.45, 7) is 7.36. The lowest BCUT2D eigenvalue weighted by atomic mass is 10.3. The summed E-state index contributed by atoms with van der Waals surface area (Å²) < 4.78 is 0. The van der Waals surface area contributed by atoms with Crippen molar-refractivity contribution >= 4 is 0 Å². The molecule has 0 amide bonds. The van der Waals surface area contributed by atoms with Crippen LogP contribution in [0.1, 0.15) is 27.2 Å². The predicted molar refractivity (Wildman–Crippen MR) is 37.7 cm³/mol. The zero-order valence-electron chi connectivity index (χ0n) is 5.99. The number of allylic oxidation sites excluding steroid dienone is 2. The highest BCUT2D eigenvalue weighted by Gasteiger charge is 1.78. The maximum Gasteiger partial charge on any atom is 0.0115 e. The third-order valence-corrected chi connectivity index (χ3v) is 0.966. The molecule has 0 aliphatic heterocycles. The minimum Gasteiger partial charge on any atom is -0.389 e. The maximum absolute atomic E-state index is 3.21. The van der Waals surface area contributed by atoms with Gasteiger partial charge >= 0.3 is 0 Å². The monoisotopic (exact) mass is 113 g/mol. The highest BCUT2D eigenvalue weighted by atomic mass is 14.8. The molecule has 48 valence electrons. The van der Waals surface area contributed by atoms with E-state index in [2.05, 4.69) is 32.2 Å². The van der Waals surface area contributed by atoms with Crippen LogP contribution in [0.25, 0.3) is 0 Å². The molecule has 8 heavy (non-hydrogen) atoms. The first-order chi connectivity index (χ1) is 3.81. The molecular weight excluding hydrogens is 98.1 g/mol. The van der Waals surface area contributed by atoms with Gasteiger partial charge in [0.05, 0.1) is 0 Å². The second kappa shape index (κ2) is 4.69. The van der Waals surface area contributed by atoms with E-state index < -0.39 is 0 Å². The van der Waals surface area contributed by atoms with Crippen LogP contribution in [0.3, 0.4) is 0 Å². The molecule has 0 saturated carbocycles. The highest BCUT2D eigenvalue weighted by molar-refractivity contribution is 4.93. The normalized spacial score (nSPS) is 11.6.